The van der Waals surface area contributed by atoms with E-state index in [1.807, 2.05) is 6.92 Å². The Bertz CT molecular complexity index is 1360. The number of nitrogens with zero attached hydrogens (tertiary/aromatic N) is 1. The summed E-state index contributed by atoms with van der Waals surface area (Å²) in [5, 5.41) is 2.79. The van der Waals surface area contributed by atoms with Gasteiger partial charge in [-0.3, -0.25) is 9.10 Å². The first kappa shape index (κ1) is 26.2. The zero-order valence-electron chi connectivity index (χ0n) is 19.7. The molecule has 1 N–H and O–H groups in total. The van der Waals surface area contributed by atoms with E-state index in [0.717, 1.165) is 10.6 Å². The van der Waals surface area contributed by atoms with Gasteiger partial charge in [0.1, 0.15) is 12.3 Å². The Labute approximate surface area is 206 Å². The lowest BCUT2D eigenvalue weighted by Gasteiger charge is -2.25. The Morgan fingerprint density at radius 2 is 1.49 bits per heavy atom. The molecule has 0 aliphatic heterocycles. The summed E-state index contributed by atoms with van der Waals surface area (Å²) in [6, 6.07) is 20.1. The number of anilines is 1. The average Bonchev–Trinajstić information content (AvgIpc) is 2.83. The van der Waals surface area contributed by atoms with Crippen molar-refractivity contribution < 1.29 is 26.4 Å². The predicted molar refractivity (Wildman–Crippen MR) is 135 cm³/mol. The van der Waals surface area contributed by atoms with Crippen LogP contribution in [0.15, 0.2) is 88.7 Å². The van der Waals surface area contributed by atoms with E-state index in [2.05, 4.69) is 5.32 Å². The van der Waals surface area contributed by atoms with Crippen LogP contribution in [0.5, 0.6) is 5.75 Å². The summed E-state index contributed by atoms with van der Waals surface area (Å²) in [5.74, 6) is 0.0713. The molecule has 0 heterocycles. The monoisotopic (exact) mass is 516 g/mol. The van der Waals surface area contributed by atoms with Gasteiger partial charge in [-0.2, -0.15) is 0 Å². The molecule has 0 aliphatic rings. The van der Waals surface area contributed by atoms with Crippen molar-refractivity contribution in [3.63, 3.8) is 0 Å². The van der Waals surface area contributed by atoms with Gasteiger partial charge < -0.3 is 10.1 Å². The van der Waals surface area contributed by atoms with Gasteiger partial charge in [0.25, 0.3) is 10.0 Å². The van der Waals surface area contributed by atoms with Crippen LogP contribution in [0.1, 0.15) is 25.5 Å². The molecule has 0 aliphatic carbocycles. The first-order valence-electron chi connectivity index (χ1n) is 10.9. The number of sulfone groups is 1. The molecule has 186 valence electrons. The maximum atomic E-state index is 13.4. The Morgan fingerprint density at radius 3 is 2.03 bits per heavy atom. The van der Waals surface area contributed by atoms with E-state index in [9.17, 15) is 21.6 Å². The minimum absolute atomic E-state index is 0.0612. The van der Waals surface area contributed by atoms with Crippen LogP contribution >= 0.6 is 0 Å². The van der Waals surface area contributed by atoms with Crippen LogP contribution < -0.4 is 14.4 Å². The van der Waals surface area contributed by atoms with Crippen molar-refractivity contribution in [2.24, 2.45) is 0 Å². The highest BCUT2D eigenvalue weighted by Crippen LogP contribution is 2.26. The van der Waals surface area contributed by atoms with Crippen LogP contribution in [0.4, 0.5) is 5.69 Å². The summed E-state index contributed by atoms with van der Waals surface area (Å²) >= 11 is 0. The first-order valence-corrected chi connectivity index (χ1v) is 14.3. The number of carbonyl (C=O) groups excluding carboxylic acids is 1. The molecule has 1 amide bonds. The Morgan fingerprint density at radius 1 is 0.886 bits per heavy atom. The maximum Gasteiger partial charge on any atom is 0.264 e. The number of sulfonamides is 1. The number of benzene rings is 3. The minimum Gasteiger partial charge on any atom is -0.494 e. The molecular formula is C25H28N2O6S2. The van der Waals surface area contributed by atoms with Crippen molar-refractivity contribution in [2.75, 3.05) is 23.7 Å². The van der Waals surface area contributed by atoms with Crippen LogP contribution in [0.3, 0.4) is 0 Å². The van der Waals surface area contributed by atoms with Gasteiger partial charge in [-0.25, -0.2) is 16.8 Å². The van der Waals surface area contributed by atoms with Crippen LogP contribution in [0.25, 0.3) is 0 Å². The lowest BCUT2D eigenvalue weighted by Crippen LogP contribution is -2.41. The van der Waals surface area contributed by atoms with Crippen molar-refractivity contribution in [3.05, 3.63) is 84.4 Å². The molecule has 3 aromatic rings. The molecule has 0 aromatic heterocycles. The fourth-order valence-electron chi connectivity index (χ4n) is 3.41. The highest BCUT2D eigenvalue weighted by molar-refractivity contribution is 7.93. The fourth-order valence-corrected chi connectivity index (χ4v) is 5.49. The van der Waals surface area contributed by atoms with E-state index in [1.165, 1.54) is 24.3 Å². The van der Waals surface area contributed by atoms with Gasteiger partial charge in [0, 0.05) is 6.26 Å². The Balaban J connectivity index is 1.84. The SMILES string of the molecule is CCOc1ccc(N(CC(=O)N[C@@H](C)c2ccc(S(C)(=O)=O)cc2)S(=O)(=O)c2ccccc2)cc1. The highest BCUT2D eigenvalue weighted by atomic mass is 32.2. The number of hydrogen-bond donors (Lipinski definition) is 1. The van der Waals surface area contributed by atoms with Crippen LogP contribution in [0.2, 0.25) is 0 Å². The summed E-state index contributed by atoms with van der Waals surface area (Å²) in [6.07, 6.45) is 1.12. The third-order valence-corrected chi connectivity index (χ3v) is 8.16. The van der Waals surface area contributed by atoms with E-state index in [0.29, 0.717) is 23.6 Å². The van der Waals surface area contributed by atoms with Crippen molar-refractivity contribution in [3.8, 4) is 5.75 Å². The molecule has 0 saturated heterocycles. The van der Waals surface area contributed by atoms with Gasteiger partial charge in [-0.1, -0.05) is 30.3 Å². The van der Waals surface area contributed by atoms with Crippen molar-refractivity contribution in [1.82, 2.24) is 5.32 Å². The molecule has 1 atom stereocenters. The molecule has 10 heteroatoms. The molecule has 35 heavy (non-hydrogen) atoms. The molecule has 8 nitrogen and oxygen atoms in total. The van der Waals surface area contributed by atoms with E-state index >= 15 is 0 Å². The first-order chi connectivity index (χ1) is 16.5. The number of rotatable bonds is 10. The topological polar surface area (TPSA) is 110 Å². The van der Waals surface area contributed by atoms with E-state index in [-0.39, 0.29) is 9.79 Å². The number of carbonyl (C=O) groups is 1. The molecule has 3 aromatic carbocycles. The normalized spacial score (nSPS) is 12.5. The van der Waals surface area contributed by atoms with Gasteiger partial charge in [0.2, 0.25) is 5.91 Å². The zero-order chi connectivity index (χ0) is 25.6. The largest absolute Gasteiger partial charge is 0.494 e. The average molecular weight is 517 g/mol. The molecule has 0 spiro atoms. The number of amides is 1. The smallest absolute Gasteiger partial charge is 0.264 e. The van der Waals surface area contributed by atoms with Gasteiger partial charge in [0.15, 0.2) is 9.84 Å². The molecule has 0 unspecified atom stereocenters. The second-order valence-electron chi connectivity index (χ2n) is 7.88. The number of hydrogen-bond acceptors (Lipinski definition) is 6. The Hall–Kier alpha value is -3.37. The van der Waals surface area contributed by atoms with Crippen LogP contribution in [0, 0.1) is 0 Å². The minimum atomic E-state index is -4.03. The summed E-state index contributed by atoms with van der Waals surface area (Å²) in [7, 11) is -7.37. The third kappa shape index (κ3) is 6.61. The zero-order valence-corrected chi connectivity index (χ0v) is 21.3. The highest BCUT2D eigenvalue weighted by Gasteiger charge is 2.27. The van der Waals surface area contributed by atoms with E-state index < -0.39 is 38.4 Å². The van der Waals surface area contributed by atoms with Crippen LogP contribution in [-0.4, -0.2) is 42.2 Å². The maximum absolute atomic E-state index is 13.4. The number of nitrogens with one attached hydrogen (secondary N) is 1. The fraction of sp³-hybridized carbons (Fsp3) is 0.240. The van der Waals surface area contributed by atoms with E-state index in [4.69, 9.17) is 4.74 Å². The van der Waals surface area contributed by atoms with Crippen LogP contribution in [-0.2, 0) is 24.7 Å². The summed E-state index contributed by atoms with van der Waals surface area (Å²) < 4.78 is 56.7. The van der Waals surface area contributed by atoms with Crippen molar-refractivity contribution >= 4 is 31.5 Å². The van der Waals surface area contributed by atoms with E-state index in [1.54, 1.807) is 61.5 Å². The molecule has 0 saturated carbocycles. The summed E-state index contributed by atoms with van der Waals surface area (Å²) in [6.45, 7) is 3.61. The number of ether oxygens (including phenoxy) is 1. The third-order valence-electron chi connectivity index (χ3n) is 5.24. The van der Waals surface area contributed by atoms with Gasteiger partial charge in [0.05, 0.1) is 28.1 Å². The summed E-state index contributed by atoms with van der Waals surface area (Å²) in [4.78, 5) is 13.2. The van der Waals surface area contributed by atoms with Gasteiger partial charge in [-0.15, -0.1) is 0 Å². The molecule has 0 radical (unpaired) electrons. The Kier molecular flexibility index (Phi) is 8.18. The summed E-state index contributed by atoms with van der Waals surface area (Å²) in [5.41, 5.74) is 1.00. The molecular weight excluding hydrogens is 488 g/mol. The second kappa shape index (κ2) is 10.9. The quantitative estimate of drug-likeness (QED) is 0.441. The van der Waals surface area contributed by atoms with Crippen molar-refractivity contribution in [2.45, 2.75) is 29.7 Å². The lowest BCUT2D eigenvalue weighted by molar-refractivity contribution is -0.120. The molecule has 3 rings (SSSR count). The molecule has 0 bridgehead atoms. The van der Waals surface area contributed by atoms with Crippen molar-refractivity contribution in [1.29, 1.82) is 0 Å². The van der Waals surface area contributed by atoms with Gasteiger partial charge in [-0.05, 0) is 67.9 Å². The molecule has 0 fully saturated rings. The lowest BCUT2D eigenvalue weighted by atomic mass is 10.1. The predicted octanol–water partition coefficient (Wildman–Crippen LogP) is 3.56. The standard InChI is InChI=1S/C25H28N2O6S2/c1-4-33-22-14-12-21(13-15-22)27(35(31,32)24-8-6-5-7-9-24)18-25(28)26-19(2)20-10-16-23(17-11-20)34(3,29)30/h5-17,19H,4,18H2,1-3H3,(H,26,28)/t19-/m0/s1. The van der Waals surface area contributed by atoms with Gasteiger partial charge >= 0.3 is 0 Å². The second-order valence-corrected chi connectivity index (χ2v) is 11.8.